The molecule has 3 aromatic carbocycles. The van der Waals surface area contributed by atoms with Crippen molar-refractivity contribution in [1.29, 1.82) is 0 Å². The summed E-state index contributed by atoms with van der Waals surface area (Å²) in [7, 11) is 1.56. The van der Waals surface area contributed by atoms with Gasteiger partial charge in [-0.15, -0.1) is 0 Å². The third-order valence-electron chi connectivity index (χ3n) is 4.62. The number of rotatable bonds is 7. The molecule has 0 heterocycles. The number of ketones is 1. The quantitative estimate of drug-likeness (QED) is 0.597. The van der Waals surface area contributed by atoms with Gasteiger partial charge in [0.2, 0.25) is 11.8 Å². The first-order chi connectivity index (χ1) is 14.0. The maximum atomic E-state index is 12.7. The molecular formula is C23H22N2O4. The average Bonchev–Trinajstić information content (AvgIpc) is 2.72. The van der Waals surface area contributed by atoms with Crippen LogP contribution in [0, 0.1) is 5.92 Å². The van der Waals surface area contributed by atoms with Gasteiger partial charge in [-0.05, 0) is 42.6 Å². The summed E-state index contributed by atoms with van der Waals surface area (Å²) in [6.07, 6.45) is -0.238. The zero-order valence-corrected chi connectivity index (χ0v) is 16.3. The molecular weight excluding hydrogens is 368 g/mol. The molecule has 0 spiro atoms. The molecule has 6 nitrogen and oxygen atoms in total. The highest BCUT2D eigenvalue weighted by Crippen LogP contribution is 2.24. The van der Waals surface area contributed by atoms with Gasteiger partial charge in [0, 0.05) is 23.2 Å². The second-order valence-corrected chi connectivity index (χ2v) is 6.66. The number of hydrogen-bond acceptors (Lipinski definition) is 4. The first kappa shape index (κ1) is 20.1. The molecule has 6 heteroatoms. The molecule has 0 aliphatic rings. The van der Waals surface area contributed by atoms with E-state index in [2.05, 4.69) is 10.6 Å². The minimum absolute atomic E-state index is 0.238. The minimum atomic E-state index is -1.08. The maximum Gasteiger partial charge on any atom is 0.235 e. The van der Waals surface area contributed by atoms with Gasteiger partial charge in [-0.3, -0.25) is 14.4 Å². The van der Waals surface area contributed by atoms with Gasteiger partial charge in [-0.2, -0.15) is 0 Å². The number of benzene rings is 3. The van der Waals surface area contributed by atoms with E-state index in [0.717, 1.165) is 10.8 Å². The molecule has 0 saturated heterocycles. The third-order valence-corrected chi connectivity index (χ3v) is 4.62. The largest absolute Gasteiger partial charge is 0.497 e. The molecule has 0 saturated carbocycles. The Morgan fingerprint density at radius 1 is 0.897 bits per heavy atom. The van der Waals surface area contributed by atoms with Gasteiger partial charge in [-0.25, -0.2) is 0 Å². The molecule has 2 N–H and O–H groups in total. The van der Waals surface area contributed by atoms with E-state index in [4.69, 9.17) is 4.74 Å². The Hall–Kier alpha value is -3.67. The molecule has 148 valence electrons. The lowest BCUT2D eigenvalue weighted by molar-refractivity contribution is -0.133. The van der Waals surface area contributed by atoms with Gasteiger partial charge in [0.15, 0.2) is 0 Å². The molecule has 0 aromatic heterocycles. The second-order valence-electron chi connectivity index (χ2n) is 6.66. The summed E-state index contributed by atoms with van der Waals surface area (Å²) in [4.78, 5) is 37.2. The molecule has 1 unspecified atom stereocenters. The molecule has 2 amide bonds. The van der Waals surface area contributed by atoms with E-state index >= 15 is 0 Å². The molecule has 3 aromatic rings. The van der Waals surface area contributed by atoms with Crippen LogP contribution in [0.5, 0.6) is 5.75 Å². The summed E-state index contributed by atoms with van der Waals surface area (Å²) in [5, 5.41) is 7.34. The molecule has 0 aliphatic carbocycles. The summed E-state index contributed by atoms with van der Waals surface area (Å²) >= 11 is 0. The highest BCUT2D eigenvalue weighted by molar-refractivity contribution is 6.12. The predicted molar refractivity (Wildman–Crippen MR) is 113 cm³/mol. The van der Waals surface area contributed by atoms with Crippen LogP contribution >= 0.6 is 0 Å². The van der Waals surface area contributed by atoms with Gasteiger partial charge < -0.3 is 15.4 Å². The fraction of sp³-hybridized carbons (Fsp3) is 0.174. The van der Waals surface area contributed by atoms with Crippen molar-refractivity contribution in [3.8, 4) is 5.75 Å². The van der Waals surface area contributed by atoms with Crippen molar-refractivity contribution in [2.75, 3.05) is 17.7 Å². The molecule has 29 heavy (non-hydrogen) atoms. The standard InChI is InChI=1S/C23H22N2O4/c1-15(26)20(14-22(27)24-17-10-12-18(29-2)13-11-17)23(28)25-21-9-5-7-16-6-3-4-8-19(16)21/h3-13,20H,14H2,1-2H3,(H,24,27)(H,25,28). The number of carbonyl (C=O) groups excluding carboxylic acids is 3. The summed E-state index contributed by atoms with van der Waals surface area (Å²) in [6.45, 7) is 1.31. The van der Waals surface area contributed by atoms with Crippen molar-refractivity contribution in [2.45, 2.75) is 13.3 Å². The summed E-state index contributed by atoms with van der Waals surface area (Å²) in [6, 6.07) is 20.0. The number of fused-ring (bicyclic) bond motifs is 1. The Morgan fingerprint density at radius 3 is 2.28 bits per heavy atom. The Bertz CT molecular complexity index is 1040. The Morgan fingerprint density at radius 2 is 1.59 bits per heavy atom. The van der Waals surface area contributed by atoms with Crippen molar-refractivity contribution in [3.63, 3.8) is 0 Å². The van der Waals surface area contributed by atoms with Crippen molar-refractivity contribution in [3.05, 3.63) is 66.7 Å². The number of anilines is 2. The molecule has 0 fully saturated rings. The van der Waals surface area contributed by atoms with E-state index < -0.39 is 17.7 Å². The van der Waals surface area contributed by atoms with Crippen LogP contribution in [0.2, 0.25) is 0 Å². The van der Waals surface area contributed by atoms with Gasteiger partial charge >= 0.3 is 0 Å². The fourth-order valence-electron chi connectivity index (χ4n) is 3.05. The van der Waals surface area contributed by atoms with Crippen LogP contribution in [-0.2, 0) is 14.4 Å². The van der Waals surface area contributed by atoms with E-state index in [1.54, 1.807) is 37.4 Å². The number of methoxy groups -OCH3 is 1. The highest BCUT2D eigenvalue weighted by atomic mass is 16.5. The minimum Gasteiger partial charge on any atom is -0.497 e. The molecule has 1 atom stereocenters. The Kier molecular flexibility index (Phi) is 6.24. The lowest BCUT2D eigenvalue weighted by Gasteiger charge is -2.15. The zero-order chi connectivity index (χ0) is 20.8. The SMILES string of the molecule is COc1ccc(NC(=O)CC(C(C)=O)C(=O)Nc2cccc3ccccc23)cc1. The van der Waals surface area contributed by atoms with Gasteiger partial charge in [-0.1, -0.05) is 36.4 Å². The predicted octanol–water partition coefficient (Wildman–Crippen LogP) is 4.02. The van der Waals surface area contributed by atoms with Crippen LogP contribution < -0.4 is 15.4 Å². The topological polar surface area (TPSA) is 84.5 Å². The number of nitrogens with one attached hydrogen (secondary N) is 2. The summed E-state index contributed by atoms with van der Waals surface area (Å²) < 4.78 is 5.08. The lowest BCUT2D eigenvalue weighted by Crippen LogP contribution is -2.32. The number of Topliss-reactive ketones (excluding diaryl/α,β-unsaturated/α-hetero) is 1. The Balaban J connectivity index is 1.70. The second kappa shape index (κ2) is 9.01. The van der Waals surface area contributed by atoms with Crippen molar-refractivity contribution >= 4 is 39.7 Å². The number of amides is 2. The normalized spacial score (nSPS) is 11.5. The van der Waals surface area contributed by atoms with Crippen LogP contribution in [0.4, 0.5) is 11.4 Å². The Labute approximate surface area is 168 Å². The van der Waals surface area contributed by atoms with Gasteiger partial charge in [0.1, 0.15) is 17.5 Å². The first-order valence-corrected chi connectivity index (χ1v) is 9.21. The molecule has 0 radical (unpaired) electrons. The van der Waals surface area contributed by atoms with Crippen LogP contribution in [-0.4, -0.2) is 24.7 Å². The zero-order valence-electron chi connectivity index (χ0n) is 16.3. The molecule has 0 aliphatic heterocycles. The summed E-state index contributed by atoms with van der Waals surface area (Å²) in [5.41, 5.74) is 1.17. The third kappa shape index (κ3) is 4.99. The van der Waals surface area contributed by atoms with E-state index in [9.17, 15) is 14.4 Å². The monoisotopic (exact) mass is 390 g/mol. The van der Waals surface area contributed by atoms with E-state index in [-0.39, 0.29) is 12.2 Å². The van der Waals surface area contributed by atoms with Crippen molar-refractivity contribution in [2.24, 2.45) is 5.92 Å². The van der Waals surface area contributed by atoms with Crippen molar-refractivity contribution in [1.82, 2.24) is 0 Å². The first-order valence-electron chi connectivity index (χ1n) is 9.21. The highest BCUT2D eigenvalue weighted by Gasteiger charge is 2.27. The van der Waals surface area contributed by atoms with Gasteiger partial charge in [0.25, 0.3) is 0 Å². The summed E-state index contributed by atoms with van der Waals surface area (Å²) in [5.74, 6) is -1.69. The number of carbonyl (C=O) groups is 3. The van der Waals surface area contributed by atoms with Crippen LogP contribution in [0.25, 0.3) is 10.8 Å². The van der Waals surface area contributed by atoms with E-state index in [1.165, 1.54) is 6.92 Å². The van der Waals surface area contributed by atoms with Gasteiger partial charge in [0.05, 0.1) is 7.11 Å². The van der Waals surface area contributed by atoms with E-state index in [0.29, 0.717) is 17.1 Å². The maximum absolute atomic E-state index is 12.7. The van der Waals surface area contributed by atoms with E-state index in [1.807, 2.05) is 36.4 Å². The van der Waals surface area contributed by atoms with Crippen LogP contribution in [0.1, 0.15) is 13.3 Å². The van der Waals surface area contributed by atoms with Crippen LogP contribution in [0.3, 0.4) is 0 Å². The number of ether oxygens (including phenoxy) is 1. The average molecular weight is 390 g/mol. The molecule has 3 rings (SSSR count). The van der Waals surface area contributed by atoms with Crippen molar-refractivity contribution < 1.29 is 19.1 Å². The number of hydrogen-bond donors (Lipinski definition) is 2. The van der Waals surface area contributed by atoms with Crippen LogP contribution in [0.15, 0.2) is 66.7 Å². The smallest absolute Gasteiger partial charge is 0.235 e. The lowest BCUT2D eigenvalue weighted by atomic mass is 9.99. The fourth-order valence-corrected chi connectivity index (χ4v) is 3.05. The molecule has 0 bridgehead atoms.